The Bertz CT molecular complexity index is 463. The van der Waals surface area contributed by atoms with Crippen molar-refractivity contribution >= 4 is 11.3 Å². The fourth-order valence-electron chi connectivity index (χ4n) is 1.70. The summed E-state index contributed by atoms with van der Waals surface area (Å²) in [4.78, 5) is 5.16. The topological polar surface area (TPSA) is 50.9 Å². The van der Waals surface area contributed by atoms with Crippen molar-refractivity contribution < 1.29 is 5.11 Å². The standard InChI is InChI=1S/C11H15N3OS/c1-3-8-4-5-16-11(8)9(15)6-10-12-7-13-14(10)2/h4-5,7,9,15H,3,6H2,1-2H3. The van der Waals surface area contributed by atoms with Crippen molar-refractivity contribution in [2.45, 2.75) is 25.9 Å². The van der Waals surface area contributed by atoms with Crippen LogP contribution in [0.5, 0.6) is 0 Å². The second-order valence-electron chi connectivity index (χ2n) is 3.68. The zero-order valence-corrected chi connectivity index (χ0v) is 10.2. The van der Waals surface area contributed by atoms with Gasteiger partial charge in [0.1, 0.15) is 12.2 Å². The number of aliphatic hydroxyl groups is 1. The lowest BCUT2D eigenvalue weighted by Gasteiger charge is -2.10. The van der Waals surface area contributed by atoms with Gasteiger partial charge in [-0.2, -0.15) is 5.10 Å². The van der Waals surface area contributed by atoms with Crippen LogP contribution in [0, 0.1) is 0 Å². The molecule has 2 heterocycles. The Balaban J connectivity index is 2.14. The number of aryl methyl sites for hydroxylation is 2. The largest absolute Gasteiger partial charge is 0.387 e. The minimum Gasteiger partial charge on any atom is -0.387 e. The summed E-state index contributed by atoms with van der Waals surface area (Å²) in [6, 6.07) is 2.07. The van der Waals surface area contributed by atoms with Gasteiger partial charge in [0.15, 0.2) is 0 Å². The first kappa shape index (κ1) is 11.3. The van der Waals surface area contributed by atoms with Crippen LogP contribution in [0.2, 0.25) is 0 Å². The Labute approximate surface area is 98.6 Å². The molecule has 86 valence electrons. The first-order valence-electron chi connectivity index (χ1n) is 5.29. The summed E-state index contributed by atoms with van der Waals surface area (Å²) in [5, 5.41) is 16.2. The monoisotopic (exact) mass is 237 g/mol. The molecule has 2 aromatic rings. The first-order valence-corrected chi connectivity index (χ1v) is 6.17. The molecule has 0 radical (unpaired) electrons. The third kappa shape index (κ3) is 2.15. The van der Waals surface area contributed by atoms with Crippen LogP contribution in [0.15, 0.2) is 17.8 Å². The molecule has 16 heavy (non-hydrogen) atoms. The molecule has 1 unspecified atom stereocenters. The van der Waals surface area contributed by atoms with E-state index >= 15 is 0 Å². The van der Waals surface area contributed by atoms with E-state index in [9.17, 15) is 5.11 Å². The zero-order chi connectivity index (χ0) is 11.5. The SMILES string of the molecule is CCc1ccsc1C(O)Cc1ncnn1C. The molecule has 2 aromatic heterocycles. The number of hydrogen-bond donors (Lipinski definition) is 1. The summed E-state index contributed by atoms with van der Waals surface area (Å²) in [5.74, 6) is 0.808. The van der Waals surface area contributed by atoms with Gasteiger partial charge in [0.2, 0.25) is 0 Å². The van der Waals surface area contributed by atoms with Crippen molar-refractivity contribution in [3.8, 4) is 0 Å². The summed E-state index contributed by atoms with van der Waals surface area (Å²) in [6.07, 6.45) is 2.51. The van der Waals surface area contributed by atoms with Gasteiger partial charge in [0.25, 0.3) is 0 Å². The molecule has 2 rings (SSSR count). The van der Waals surface area contributed by atoms with E-state index in [1.807, 2.05) is 12.4 Å². The Kier molecular flexibility index (Phi) is 3.36. The number of aromatic nitrogens is 3. The molecule has 0 aromatic carbocycles. The average molecular weight is 237 g/mol. The van der Waals surface area contributed by atoms with Crippen LogP contribution in [-0.2, 0) is 19.9 Å². The molecular weight excluding hydrogens is 222 g/mol. The van der Waals surface area contributed by atoms with Gasteiger partial charge in [-0.1, -0.05) is 6.92 Å². The lowest BCUT2D eigenvalue weighted by Crippen LogP contribution is -2.07. The van der Waals surface area contributed by atoms with Gasteiger partial charge in [-0.3, -0.25) is 4.68 Å². The fraction of sp³-hybridized carbons (Fsp3) is 0.455. The second kappa shape index (κ2) is 4.76. The second-order valence-corrected chi connectivity index (χ2v) is 4.63. The predicted molar refractivity (Wildman–Crippen MR) is 63.4 cm³/mol. The van der Waals surface area contributed by atoms with E-state index in [0.717, 1.165) is 17.1 Å². The van der Waals surface area contributed by atoms with E-state index in [2.05, 4.69) is 23.1 Å². The average Bonchev–Trinajstić information content (AvgIpc) is 2.87. The van der Waals surface area contributed by atoms with Crippen molar-refractivity contribution in [2.75, 3.05) is 0 Å². The molecule has 0 aliphatic carbocycles. The molecule has 0 fully saturated rings. The van der Waals surface area contributed by atoms with E-state index in [-0.39, 0.29) is 0 Å². The maximum Gasteiger partial charge on any atom is 0.138 e. The van der Waals surface area contributed by atoms with E-state index in [1.54, 1.807) is 16.0 Å². The minimum atomic E-state index is -0.474. The number of nitrogens with zero attached hydrogens (tertiary/aromatic N) is 3. The van der Waals surface area contributed by atoms with E-state index in [1.165, 1.54) is 11.9 Å². The maximum atomic E-state index is 10.1. The predicted octanol–water partition coefficient (Wildman–Crippen LogP) is 1.72. The summed E-state index contributed by atoms with van der Waals surface area (Å²) in [5.41, 5.74) is 1.22. The van der Waals surface area contributed by atoms with Crippen LogP contribution in [0.25, 0.3) is 0 Å². The van der Waals surface area contributed by atoms with Crippen molar-refractivity contribution in [1.29, 1.82) is 0 Å². The molecule has 5 heteroatoms. The molecular formula is C11H15N3OS. The fourth-order valence-corrected chi connectivity index (χ4v) is 2.69. The molecule has 0 saturated carbocycles. The van der Waals surface area contributed by atoms with Crippen molar-refractivity contribution in [3.63, 3.8) is 0 Å². The smallest absolute Gasteiger partial charge is 0.138 e. The molecule has 1 atom stereocenters. The van der Waals surface area contributed by atoms with Crippen LogP contribution >= 0.6 is 11.3 Å². The van der Waals surface area contributed by atoms with Crippen LogP contribution in [0.1, 0.15) is 29.3 Å². The first-order chi connectivity index (χ1) is 7.72. The van der Waals surface area contributed by atoms with Crippen LogP contribution in [-0.4, -0.2) is 19.9 Å². The number of rotatable bonds is 4. The van der Waals surface area contributed by atoms with Crippen molar-refractivity contribution in [1.82, 2.24) is 14.8 Å². The van der Waals surface area contributed by atoms with Gasteiger partial charge in [0, 0.05) is 18.3 Å². The van der Waals surface area contributed by atoms with Crippen LogP contribution in [0.3, 0.4) is 0 Å². The Morgan fingerprint density at radius 2 is 2.38 bits per heavy atom. The van der Waals surface area contributed by atoms with Crippen molar-refractivity contribution in [3.05, 3.63) is 34.0 Å². The molecule has 0 bridgehead atoms. The van der Waals surface area contributed by atoms with E-state index < -0.39 is 6.10 Å². The Hall–Kier alpha value is -1.20. The van der Waals surface area contributed by atoms with Gasteiger partial charge in [-0.05, 0) is 23.4 Å². The van der Waals surface area contributed by atoms with E-state index in [0.29, 0.717) is 6.42 Å². The summed E-state index contributed by atoms with van der Waals surface area (Å²) >= 11 is 1.60. The minimum absolute atomic E-state index is 0.474. The summed E-state index contributed by atoms with van der Waals surface area (Å²) in [7, 11) is 1.84. The van der Waals surface area contributed by atoms with Crippen LogP contribution < -0.4 is 0 Å². The molecule has 4 nitrogen and oxygen atoms in total. The molecule has 0 aliphatic rings. The Morgan fingerprint density at radius 1 is 1.56 bits per heavy atom. The van der Waals surface area contributed by atoms with Crippen LogP contribution in [0.4, 0.5) is 0 Å². The zero-order valence-electron chi connectivity index (χ0n) is 9.42. The molecule has 0 amide bonds. The summed E-state index contributed by atoms with van der Waals surface area (Å²) < 4.78 is 1.70. The lowest BCUT2D eigenvalue weighted by atomic mass is 10.1. The third-order valence-electron chi connectivity index (χ3n) is 2.65. The van der Waals surface area contributed by atoms with Gasteiger partial charge < -0.3 is 5.11 Å². The molecule has 0 aliphatic heterocycles. The highest BCUT2D eigenvalue weighted by Crippen LogP contribution is 2.26. The highest BCUT2D eigenvalue weighted by atomic mass is 32.1. The van der Waals surface area contributed by atoms with Gasteiger partial charge in [-0.15, -0.1) is 11.3 Å². The highest BCUT2D eigenvalue weighted by molar-refractivity contribution is 7.10. The normalized spacial score (nSPS) is 12.9. The number of thiophene rings is 1. The molecule has 1 N–H and O–H groups in total. The van der Waals surface area contributed by atoms with Gasteiger partial charge in [-0.25, -0.2) is 4.98 Å². The number of hydrogen-bond acceptors (Lipinski definition) is 4. The number of aliphatic hydroxyl groups excluding tert-OH is 1. The third-order valence-corrected chi connectivity index (χ3v) is 3.71. The van der Waals surface area contributed by atoms with E-state index in [4.69, 9.17) is 0 Å². The Morgan fingerprint density at radius 3 is 3.00 bits per heavy atom. The van der Waals surface area contributed by atoms with Crippen molar-refractivity contribution in [2.24, 2.45) is 7.05 Å². The highest BCUT2D eigenvalue weighted by Gasteiger charge is 2.16. The molecule has 0 spiro atoms. The molecule has 0 saturated heterocycles. The van der Waals surface area contributed by atoms with Gasteiger partial charge in [0.05, 0.1) is 6.10 Å². The maximum absolute atomic E-state index is 10.1. The van der Waals surface area contributed by atoms with Gasteiger partial charge >= 0.3 is 0 Å². The lowest BCUT2D eigenvalue weighted by molar-refractivity contribution is 0.177. The summed E-state index contributed by atoms with van der Waals surface area (Å²) in [6.45, 7) is 2.10. The quantitative estimate of drug-likeness (QED) is 0.880.